The van der Waals surface area contributed by atoms with Crippen LogP contribution in [-0.2, 0) is 10.0 Å². The Balaban J connectivity index is 2.07. The molecular formula is C15H21N3O2S. The highest BCUT2D eigenvalue weighted by Crippen LogP contribution is 2.31. The summed E-state index contributed by atoms with van der Waals surface area (Å²) in [5.41, 5.74) is 7.12. The number of nitrogen functional groups attached to an aromatic ring is 1. The van der Waals surface area contributed by atoms with E-state index in [9.17, 15) is 8.42 Å². The van der Waals surface area contributed by atoms with Crippen LogP contribution < -0.4 is 5.73 Å². The van der Waals surface area contributed by atoms with Crippen LogP contribution >= 0.6 is 0 Å². The smallest absolute Gasteiger partial charge is 0.245 e. The summed E-state index contributed by atoms with van der Waals surface area (Å²) >= 11 is 0. The third kappa shape index (κ3) is 2.42. The van der Waals surface area contributed by atoms with E-state index in [4.69, 9.17) is 5.73 Å². The molecule has 114 valence electrons. The summed E-state index contributed by atoms with van der Waals surface area (Å²) in [4.78, 5) is 3.36. The van der Waals surface area contributed by atoms with Crippen molar-refractivity contribution < 1.29 is 8.42 Å². The molecule has 1 aromatic carbocycles. The van der Waals surface area contributed by atoms with Gasteiger partial charge in [0.05, 0.1) is 0 Å². The van der Waals surface area contributed by atoms with E-state index in [1.807, 2.05) is 6.92 Å². The lowest BCUT2D eigenvalue weighted by Gasteiger charge is -2.35. The first-order valence-corrected chi connectivity index (χ1v) is 8.72. The fourth-order valence-corrected chi connectivity index (χ4v) is 4.99. The summed E-state index contributed by atoms with van der Waals surface area (Å²) in [6, 6.07) is 5.31. The number of benzene rings is 1. The van der Waals surface area contributed by atoms with Gasteiger partial charge in [-0.15, -0.1) is 0 Å². The Labute approximate surface area is 125 Å². The summed E-state index contributed by atoms with van der Waals surface area (Å²) in [6.45, 7) is 4.67. The number of nitrogens with one attached hydrogen (secondary N) is 1. The Morgan fingerprint density at radius 2 is 2.05 bits per heavy atom. The zero-order chi connectivity index (χ0) is 15.2. The largest absolute Gasteiger partial charge is 0.399 e. The van der Waals surface area contributed by atoms with Crippen LogP contribution in [0, 0.1) is 5.92 Å². The lowest BCUT2D eigenvalue weighted by Crippen LogP contribution is -2.44. The molecule has 0 amide bonds. The number of hydrogen-bond acceptors (Lipinski definition) is 3. The molecule has 2 aromatic rings. The van der Waals surface area contributed by atoms with Gasteiger partial charge in [-0.2, -0.15) is 4.31 Å². The predicted molar refractivity (Wildman–Crippen MR) is 84.5 cm³/mol. The number of fused-ring (bicyclic) bond motifs is 1. The minimum absolute atomic E-state index is 0.0462. The van der Waals surface area contributed by atoms with Crippen molar-refractivity contribution in [3.63, 3.8) is 0 Å². The van der Waals surface area contributed by atoms with Crippen molar-refractivity contribution in [2.75, 3.05) is 12.3 Å². The number of nitrogens with zero attached hydrogens (tertiary/aromatic N) is 1. The topological polar surface area (TPSA) is 79.2 Å². The first-order chi connectivity index (χ1) is 9.89. The van der Waals surface area contributed by atoms with Crippen LogP contribution in [0.4, 0.5) is 5.69 Å². The molecule has 2 atom stereocenters. The van der Waals surface area contributed by atoms with E-state index in [1.165, 1.54) is 0 Å². The van der Waals surface area contributed by atoms with Gasteiger partial charge in [0.25, 0.3) is 0 Å². The lowest BCUT2D eigenvalue weighted by molar-refractivity contribution is 0.218. The average Bonchev–Trinajstić information content (AvgIpc) is 2.84. The Bertz CT molecular complexity index is 766. The molecule has 0 radical (unpaired) electrons. The molecule has 21 heavy (non-hydrogen) atoms. The highest BCUT2D eigenvalue weighted by Gasteiger charge is 2.34. The van der Waals surface area contributed by atoms with Gasteiger partial charge in [-0.1, -0.05) is 6.92 Å². The van der Waals surface area contributed by atoms with Gasteiger partial charge in [0.1, 0.15) is 4.90 Å². The number of aromatic amines is 1. The van der Waals surface area contributed by atoms with E-state index in [1.54, 1.807) is 28.7 Å². The van der Waals surface area contributed by atoms with Crippen LogP contribution in [0.15, 0.2) is 29.3 Å². The number of anilines is 1. The van der Waals surface area contributed by atoms with Crippen molar-refractivity contribution in [1.82, 2.24) is 9.29 Å². The molecule has 0 spiro atoms. The molecule has 1 aliphatic heterocycles. The molecule has 2 unspecified atom stereocenters. The van der Waals surface area contributed by atoms with E-state index in [0.717, 1.165) is 18.4 Å². The van der Waals surface area contributed by atoms with Crippen LogP contribution in [0.3, 0.4) is 0 Å². The van der Waals surface area contributed by atoms with Crippen LogP contribution in [0.5, 0.6) is 0 Å². The van der Waals surface area contributed by atoms with Crippen LogP contribution in [0.2, 0.25) is 0 Å². The molecule has 0 bridgehead atoms. The van der Waals surface area contributed by atoms with Gasteiger partial charge >= 0.3 is 0 Å². The number of sulfonamides is 1. The molecule has 5 nitrogen and oxygen atoms in total. The number of hydrogen-bond donors (Lipinski definition) is 2. The van der Waals surface area contributed by atoms with Crippen LogP contribution in [0.25, 0.3) is 10.9 Å². The Morgan fingerprint density at radius 1 is 1.29 bits per heavy atom. The van der Waals surface area contributed by atoms with Crippen molar-refractivity contribution in [1.29, 1.82) is 0 Å². The number of aromatic nitrogens is 1. The quantitative estimate of drug-likeness (QED) is 0.837. The molecule has 1 aromatic heterocycles. The zero-order valence-corrected chi connectivity index (χ0v) is 13.2. The van der Waals surface area contributed by atoms with Crippen LogP contribution in [-0.4, -0.2) is 30.3 Å². The molecule has 3 N–H and O–H groups in total. The summed E-state index contributed by atoms with van der Waals surface area (Å²) in [7, 11) is -3.48. The second-order valence-corrected chi connectivity index (χ2v) is 7.92. The number of nitrogens with two attached hydrogens (primary N) is 1. The summed E-state index contributed by atoms with van der Waals surface area (Å²) in [6.07, 6.45) is 3.57. The van der Waals surface area contributed by atoms with Crippen molar-refractivity contribution >= 4 is 26.6 Å². The van der Waals surface area contributed by atoms with E-state index >= 15 is 0 Å². The monoisotopic (exact) mass is 307 g/mol. The standard InChI is InChI=1S/C15H21N3O2S/c1-10-3-4-11(2)18(9-10)21(19,20)15-8-17-14-7-12(16)5-6-13(14)15/h5-8,10-11,17H,3-4,9,16H2,1-2H3. The fraction of sp³-hybridized carbons (Fsp3) is 0.467. The van der Waals surface area contributed by atoms with Crippen molar-refractivity contribution in [3.8, 4) is 0 Å². The van der Waals surface area contributed by atoms with Crippen molar-refractivity contribution in [2.45, 2.75) is 37.6 Å². The van der Waals surface area contributed by atoms with Gasteiger partial charge in [-0.3, -0.25) is 0 Å². The van der Waals surface area contributed by atoms with Crippen LogP contribution in [0.1, 0.15) is 26.7 Å². The van der Waals surface area contributed by atoms with Crippen molar-refractivity contribution in [2.24, 2.45) is 5.92 Å². The Kier molecular flexibility index (Phi) is 3.45. The highest BCUT2D eigenvalue weighted by atomic mass is 32.2. The van der Waals surface area contributed by atoms with Gasteiger partial charge < -0.3 is 10.7 Å². The first kappa shape index (κ1) is 14.4. The van der Waals surface area contributed by atoms with Gasteiger partial charge in [-0.05, 0) is 43.9 Å². The summed E-state index contributed by atoms with van der Waals surface area (Å²) < 4.78 is 27.6. The normalized spacial score (nSPS) is 24.5. The zero-order valence-electron chi connectivity index (χ0n) is 12.3. The minimum atomic E-state index is -3.48. The van der Waals surface area contributed by atoms with E-state index in [-0.39, 0.29) is 6.04 Å². The average molecular weight is 307 g/mol. The second kappa shape index (κ2) is 5.03. The van der Waals surface area contributed by atoms with Gasteiger partial charge in [0.2, 0.25) is 10.0 Å². The highest BCUT2D eigenvalue weighted by molar-refractivity contribution is 7.89. The second-order valence-electron chi connectivity index (χ2n) is 6.06. The van der Waals surface area contributed by atoms with Gasteiger partial charge in [0.15, 0.2) is 0 Å². The van der Waals surface area contributed by atoms with E-state index in [2.05, 4.69) is 11.9 Å². The molecule has 6 heteroatoms. The SMILES string of the molecule is CC1CCC(C)N(S(=O)(=O)c2c[nH]c3cc(N)ccc23)C1. The van der Waals surface area contributed by atoms with E-state index < -0.39 is 10.0 Å². The maximum Gasteiger partial charge on any atom is 0.245 e. The third-order valence-electron chi connectivity index (χ3n) is 4.31. The third-order valence-corrected chi connectivity index (χ3v) is 6.33. The van der Waals surface area contributed by atoms with Gasteiger partial charge in [0, 0.05) is 35.4 Å². The molecule has 1 aliphatic rings. The molecular weight excluding hydrogens is 286 g/mol. The van der Waals surface area contributed by atoms with Crippen molar-refractivity contribution in [3.05, 3.63) is 24.4 Å². The molecule has 2 heterocycles. The van der Waals surface area contributed by atoms with E-state index in [0.29, 0.717) is 28.4 Å². The minimum Gasteiger partial charge on any atom is -0.399 e. The molecule has 0 aliphatic carbocycles. The summed E-state index contributed by atoms with van der Waals surface area (Å²) in [5, 5.41) is 0.703. The maximum atomic E-state index is 13.0. The summed E-state index contributed by atoms with van der Waals surface area (Å²) in [5.74, 6) is 0.400. The van der Waals surface area contributed by atoms with Gasteiger partial charge in [-0.25, -0.2) is 8.42 Å². The number of H-pyrrole nitrogens is 1. The lowest BCUT2D eigenvalue weighted by atomic mass is 9.97. The number of piperidine rings is 1. The Hall–Kier alpha value is -1.53. The molecule has 1 saturated heterocycles. The molecule has 0 saturated carbocycles. The first-order valence-electron chi connectivity index (χ1n) is 7.28. The molecule has 3 rings (SSSR count). The Morgan fingerprint density at radius 3 is 2.81 bits per heavy atom. The molecule has 1 fully saturated rings. The predicted octanol–water partition coefficient (Wildman–Crippen LogP) is 2.56. The fourth-order valence-electron chi connectivity index (χ4n) is 3.04. The number of rotatable bonds is 2. The maximum absolute atomic E-state index is 13.0.